The van der Waals surface area contributed by atoms with E-state index in [4.69, 9.17) is 9.15 Å². The Balaban J connectivity index is 1.73. The van der Waals surface area contributed by atoms with Gasteiger partial charge in [0, 0.05) is 18.7 Å². The number of unbranched alkanes of at least 4 members (excludes halogenated alkanes) is 1. The number of esters is 1. The Labute approximate surface area is 151 Å². The van der Waals surface area contributed by atoms with Gasteiger partial charge in [-0.1, -0.05) is 13.3 Å². The Morgan fingerprint density at radius 2 is 1.88 bits per heavy atom. The number of ether oxygens (including phenoxy) is 1. The van der Waals surface area contributed by atoms with E-state index in [1.165, 1.54) is 6.26 Å². The summed E-state index contributed by atoms with van der Waals surface area (Å²) < 4.78 is 10.1. The van der Waals surface area contributed by atoms with Crippen LogP contribution in [0.15, 0.2) is 47.1 Å². The van der Waals surface area contributed by atoms with Crippen molar-refractivity contribution in [3.63, 3.8) is 0 Å². The molecule has 7 nitrogen and oxygen atoms in total. The zero-order chi connectivity index (χ0) is 18.8. The van der Waals surface area contributed by atoms with Crippen molar-refractivity contribution < 1.29 is 23.5 Å². The van der Waals surface area contributed by atoms with Gasteiger partial charge in [0.1, 0.15) is 0 Å². The lowest BCUT2D eigenvalue weighted by molar-refractivity contribution is -0.116. The standard InChI is InChI=1S/C19H22N2O5/c1-2-3-12-26-19(24)14-6-8-15(9-7-14)21-17(22)10-11-20-18(23)16-5-4-13-25-16/h4-9,13H,2-3,10-12H2,1H3,(H,20,23)(H,21,22). The van der Waals surface area contributed by atoms with Crippen LogP contribution in [0.4, 0.5) is 5.69 Å². The van der Waals surface area contributed by atoms with Gasteiger partial charge in [-0.2, -0.15) is 0 Å². The highest BCUT2D eigenvalue weighted by Crippen LogP contribution is 2.11. The number of anilines is 1. The zero-order valence-electron chi connectivity index (χ0n) is 14.6. The van der Waals surface area contributed by atoms with E-state index in [0.717, 1.165) is 12.8 Å². The maximum absolute atomic E-state index is 11.9. The first kappa shape index (κ1) is 19.2. The largest absolute Gasteiger partial charge is 0.462 e. The summed E-state index contributed by atoms with van der Waals surface area (Å²) in [5.41, 5.74) is 1.00. The van der Waals surface area contributed by atoms with Gasteiger partial charge in [-0.15, -0.1) is 0 Å². The molecule has 2 aromatic rings. The molecule has 1 heterocycles. The van der Waals surface area contributed by atoms with Gasteiger partial charge in [-0.05, 0) is 42.8 Å². The van der Waals surface area contributed by atoms with Gasteiger partial charge in [-0.25, -0.2) is 4.79 Å². The van der Waals surface area contributed by atoms with Crippen molar-refractivity contribution in [3.8, 4) is 0 Å². The molecule has 0 saturated carbocycles. The van der Waals surface area contributed by atoms with Crippen molar-refractivity contribution in [1.82, 2.24) is 5.32 Å². The Kier molecular flexibility index (Phi) is 7.42. The lowest BCUT2D eigenvalue weighted by Crippen LogP contribution is -2.27. The molecule has 2 rings (SSSR count). The van der Waals surface area contributed by atoms with Gasteiger partial charge in [0.15, 0.2) is 5.76 Å². The second-order valence-electron chi connectivity index (χ2n) is 5.60. The third kappa shape index (κ3) is 6.08. The van der Waals surface area contributed by atoms with Crippen LogP contribution >= 0.6 is 0 Å². The molecule has 0 radical (unpaired) electrons. The summed E-state index contributed by atoms with van der Waals surface area (Å²) in [5, 5.41) is 5.30. The minimum Gasteiger partial charge on any atom is -0.462 e. The maximum atomic E-state index is 11.9. The fraction of sp³-hybridized carbons (Fsp3) is 0.316. The summed E-state index contributed by atoms with van der Waals surface area (Å²) in [6, 6.07) is 9.63. The molecule has 0 aliphatic heterocycles. The van der Waals surface area contributed by atoms with Gasteiger partial charge >= 0.3 is 5.97 Å². The molecule has 138 valence electrons. The van der Waals surface area contributed by atoms with Crippen molar-refractivity contribution >= 4 is 23.5 Å². The molecule has 1 aromatic carbocycles. The van der Waals surface area contributed by atoms with Gasteiger partial charge in [-0.3, -0.25) is 9.59 Å². The lowest BCUT2D eigenvalue weighted by atomic mass is 10.2. The van der Waals surface area contributed by atoms with Gasteiger partial charge in [0.05, 0.1) is 18.4 Å². The minimum atomic E-state index is -0.378. The summed E-state index contributed by atoms with van der Waals surface area (Å²) in [7, 11) is 0. The molecule has 2 amide bonds. The molecule has 0 saturated heterocycles. The highest BCUT2D eigenvalue weighted by atomic mass is 16.5. The zero-order valence-corrected chi connectivity index (χ0v) is 14.6. The van der Waals surface area contributed by atoms with Crippen LogP contribution in [0.5, 0.6) is 0 Å². The Bertz CT molecular complexity index is 723. The van der Waals surface area contributed by atoms with Crippen LogP contribution < -0.4 is 10.6 Å². The summed E-state index contributed by atoms with van der Waals surface area (Å²) in [4.78, 5) is 35.4. The third-order valence-electron chi connectivity index (χ3n) is 3.52. The average molecular weight is 358 g/mol. The Morgan fingerprint density at radius 1 is 1.12 bits per heavy atom. The molecule has 2 N–H and O–H groups in total. The highest BCUT2D eigenvalue weighted by molar-refractivity contribution is 5.94. The molecular weight excluding hydrogens is 336 g/mol. The molecule has 0 aliphatic rings. The lowest BCUT2D eigenvalue weighted by Gasteiger charge is -2.07. The second-order valence-corrected chi connectivity index (χ2v) is 5.60. The second kappa shape index (κ2) is 10.0. The fourth-order valence-electron chi connectivity index (χ4n) is 2.09. The molecule has 1 aromatic heterocycles. The number of hydrogen-bond acceptors (Lipinski definition) is 5. The van der Waals surface area contributed by atoms with Crippen LogP contribution in [0.1, 0.15) is 47.1 Å². The molecule has 0 bridgehead atoms. The highest BCUT2D eigenvalue weighted by Gasteiger charge is 2.10. The van der Waals surface area contributed by atoms with E-state index in [9.17, 15) is 14.4 Å². The number of hydrogen-bond donors (Lipinski definition) is 2. The van der Waals surface area contributed by atoms with Crippen LogP contribution in [-0.4, -0.2) is 30.9 Å². The van der Waals surface area contributed by atoms with Crippen LogP contribution in [0, 0.1) is 0 Å². The fourth-order valence-corrected chi connectivity index (χ4v) is 2.09. The molecule has 0 unspecified atom stereocenters. The topological polar surface area (TPSA) is 97.6 Å². The number of amides is 2. The van der Waals surface area contributed by atoms with E-state index in [1.54, 1.807) is 36.4 Å². The van der Waals surface area contributed by atoms with E-state index >= 15 is 0 Å². The number of furan rings is 1. The van der Waals surface area contributed by atoms with Gasteiger partial charge < -0.3 is 19.8 Å². The summed E-state index contributed by atoms with van der Waals surface area (Å²) in [6.45, 7) is 2.61. The van der Waals surface area contributed by atoms with Crippen molar-refractivity contribution in [1.29, 1.82) is 0 Å². The first-order valence-electron chi connectivity index (χ1n) is 8.49. The predicted octanol–water partition coefficient (Wildman–Crippen LogP) is 3.00. The first-order chi connectivity index (χ1) is 12.6. The van der Waals surface area contributed by atoms with Crippen LogP contribution in [0.25, 0.3) is 0 Å². The molecule has 0 fully saturated rings. The third-order valence-corrected chi connectivity index (χ3v) is 3.52. The monoisotopic (exact) mass is 358 g/mol. The van der Waals surface area contributed by atoms with E-state index in [-0.39, 0.29) is 36.5 Å². The summed E-state index contributed by atoms with van der Waals surface area (Å²) >= 11 is 0. The van der Waals surface area contributed by atoms with Crippen molar-refractivity contribution in [2.45, 2.75) is 26.2 Å². The number of carbonyl (C=O) groups excluding carboxylic acids is 3. The normalized spacial score (nSPS) is 10.2. The SMILES string of the molecule is CCCCOC(=O)c1ccc(NC(=O)CCNC(=O)c2ccco2)cc1. The Hall–Kier alpha value is -3.09. The number of rotatable bonds is 9. The van der Waals surface area contributed by atoms with Crippen LogP contribution in [0.3, 0.4) is 0 Å². The van der Waals surface area contributed by atoms with Crippen molar-refractivity contribution in [2.24, 2.45) is 0 Å². The molecule has 0 atom stereocenters. The van der Waals surface area contributed by atoms with E-state index in [1.807, 2.05) is 6.92 Å². The first-order valence-corrected chi connectivity index (χ1v) is 8.49. The van der Waals surface area contributed by atoms with Crippen molar-refractivity contribution in [3.05, 3.63) is 54.0 Å². The Morgan fingerprint density at radius 3 is 2.54 bits per heavy atom. The summed E-state index contributed by atoms with van der Waals surface area (Å²) in [6.07, 6.45) is 3.31. The molecule has 26 heavy (non-hydrogen) atoms. The quantitative estimate of drug-likeness (QED) is 0.530. The van der Waals surface area contributed by atoms with E-state index < -0.39 is 0 Å². The van der Waals surface area contributed by atoms with E-state index in [2.05, 4.69) is 10.6 Å². The van der Waals surface area contributed by atoms with Gasteiger partial charge in [0.2, 0.25) is 5.91 Å². The smallest absolute Gasteiger partial charge is 0.338 e. The summed E-state index contributed by atoms with van der Waals surface area (Å²) in [5.74, 6) is -0.791. The van der Waals surface area contributed by atoms with Crippen LogP contribution in [0.2, 0.25) is 0 Å². The van der Waals surface area contributed by atoms with E-state index in [0.29, 0.717) is 17.9 Å². The number of benzene rings is 1. The number of carbonyl (C=O) groups is 3. The van der Waals surface area contributed by atoms with Crippen molar-refractivity contribution in [2.75, 3.05) is 18.5 Å². The average Bonchev–Trinajstić information content (AvgIpc) is 3.17. The minimum absolute atomic E-state index is 0.118. The van der Waals surface area contributed by atoms with Gasteiger partial charge in [0.25, 0.3) is 5.91 Å². The molecule has 7 heteroatoms. The molecule has 0 spiro atoms. The number of nitrogens with one attached hydrogen (secondary N) is 2. The maximum Gasteiger partial charge on any atom is 0.338 e. The predicted molar refractivity (Wildman–Crippen MR) is 95.9 cm³/mol. The molecular formula is C19H22N2O5. The molecule has 0 aliphatic carbocycles. The van der Waals surface area contributed by atoms with Crippen LogP contribution in [-0.2, 0) is 9.53 Å².